The van der Waals surface area contributed by atoms with E-state index in [0.717, 1.165) is 28.3 Å². The van der Waals surface area contributed by atoms with Crippen LogP contribution in [0.1, 0.15) is 5.56 Å². The molecule has 0 saturated heterocycles. The lowest BCUT2D eigenvalue weighted by Crippen LogP contribution is -2.28. The number of benzene rings is 3. The number of hydrogen-bond donors (Lipinski definition) is 1. The molecule has 0 bridgehead atoms. The summed E-state index contributed by atoms with van der Waals surface area (Å²) in [4.78, 5) is 12.4. The first-order valence-corrected chi connectivity index (χ1v) is 10.4. The summed E-state index contributed by atoms with van der Waals surface area (Å²) >= 11 is 6.08. The van der Waals surface area contributed by atoms with Crippen LogP contribution in [-0.2, 0) is 11.3 Å². The number of hydrogen-bond acceptors (Lipinski definition) is 4. The van der Waals surface area contributed by atoms with Gasteiger partial charge in [0.05, 0.1) is 23.5 Å². The summed E-state index contributed by atoms with van der Waals surface area (Å²) < 4.78 is 12.7. The molecule has 0 spiro atoms. The second-order valence-corrected chi connectivity index (χ2v) is 7.42. The van der Waals surface area contributed by atoms with Crippen LogP contribution in [-0.4, -0.2) is 29.4 Å². The van der Waals surface area contributed by atoms with Crippen molar-refractivity contribution in [2.24, 2.45) is 0 Å². The monoisotopic (exact) mass is 447 g/mol. The van der Waals surface area contributed by atoms with Crippen molar-refractivity contribution in [3.63, 3.8) is 0 Å². The largest absolute Gasteiger partial charge is 0.497 e. The first kappa shape index (κ1) is 21.5. The third-order valence-electron chi connectivity index (χ3n) is 4.83. The maximum absolute atomic E-state index is 12.4. The minimum absolute atomic E-state index is 0.134. The number of halogens is 1. The molecule has 0 radical (unpaired) electrons. The van der Waals surface area contributed by atoms with E-state index < -0.39 is 0 Å². The van der Waals surface area contributed by atoms with Gasteiger partial charge in [-0.1, -0.05) is 54.1 Å². The van der Waals surface area contributed by atoms with Crippen LogP contribution in [0.3, 0.4) is 0 Å². The van der Waals surface area contributed by atoms with Gasteiger partial charge in [0.15, 0.2) is 6.61 Å². The van der Waals surface area contributed by atoms with Crippen molar-refractivity contribution in [3.8, 4) is 28.4 Å². The van der Waals surface area contributed by atoms with Gasteiger partial charge in [0.25, 0.3) is 5.91 Å². The molecular weight excluding hydrogens is 426 g/mol. The highest BCUT2D eigenvalue weighted by molar-refractivity contribution is 6.32. The molecule has 4 aromatic rings. The van der Waals surface area contributed by atoms with Crippen molar-refractivity contribution in [1.82, 2.24) is 15.1 Å². The third-order valence-corrected chi connectivity index (χ3v) is 5.14. The fraction of sp³-hybridized carbons (Fsp3) is 0.120. The number of methoxy groups -OCH3 is 1. The van der Waals surface area contributed by atoms with Crippen molar-refractivity contribution in [2.45, 2.75) is 6.54 Å². The van der Waals surface area contributed by atoms with E-state index in [2.05, 4.69) is 5.32 Å². The predicted octanol–water partition coefficient (Wildman–Crippen LogP) is 4.90. The average molecular weight is 448 g/mol. The van der Waals surface area contributed by atoms with Gasteiger partial charge >= 0.3 is 0 Å². The Bertz CT molecular complexity index is 1210. The van der Waals surface area contributed by atoms with Gasteiger partial charge in [-0.2, -0.15) is 5.10 Å². The number of aromatic nitrogens is 2. The summed E-state index contributed by atoms with van der Waals surface area (Å²) in [5.41, 5.74) is 3.46. The van der Waals surface area contributed by atoms with Gasteiger partial charge in [-0.15, -0.1) is 0 Å². The second-order valence-electron chi connectivity index (χ2n) is 7.01. The lowest BCUT2D eigenvalue weighted by Gasteiger charge is -2.09. The van der Waals surface area contributed by atoms with Crippen LogP contribution in [0.2, 0.25) is 5.02 Å². The molecule has 0 aliphatic rings. The Kier molecular flexibility index (Phi) is 6.72. The molecule has 4 rings (SSSR count). The van der Waals surface area contributed by atoms with Gasteiger partial charge < -0.3 is 14.8 Å². The Hall–Kier alpha value is -3.77. The van der Waals surface area contributed by atoms with E-state index in [1.54, 1.807) is 36.1 Å². The van der Waals surface area contributed by atoms with Gasteiger partial charge in [0.1, 0.15) is 11.5 Å². The van der Waals surface area contributed by atoms with Crippen LogP contribution in [0.4, 0.5) is 0 Å². The van der Waals surface area contributed by atoms with E-state index in [9.17, 15) is 4.79 Å². The highest BCUT2D eigenvalue weighted by Gasteiger charge is 2.14. The van der Waals surface area contributed by atoms with Gasteiger partial charge in [-0.3, -0.25) is 4.79 Å². The summed E-state index contributed by atoms with van der Waals surface area (Å²) in [6.45, 7) is 0.162. The molecule has 1 aromatic heterocycles. The molecule has 0 aliphatic heterocycles. The van der Waals surface area contributed by atoms with Crippen LogP contribution in [0.5, 0.6) is 11.5 Å². The van der Waals surface area contributed by atoms with Crippen molar-refractivity contribution < 1.29 is 14.3 Å². The Morgan fingerprint density at radius 3 is 2.59 bits per heavy atom. The van der Waals surface area contributed by atoms with E-state index in [-0.39, 0.29) is 12.5 Å². The number of nitrogens with zero attached hydrogens (tertiary/aromatic N) is 2. The van der Waals surface area contributed by atoms with E-state index in [1.165, 1.54) is 0 Å². The Balaban J connectivity index is 1.53. The van der Waals surface area contributed by atoms with Gasteiger partial charge in [0, 0.05) is 23.9 Å². The van der Waals surface area contributed by atoms with Crippen molar-refractivity contribution >= 4 is 17.5 Å². The molecule has 1 heterocycles. The number of rotatable bonds is 8. The molecule has 1 N–H and O–H groups in total. The average Bonchev–Trinajstić information content (AvgIpc) is 3.27. The quantitative estimate of drug-likeness (QED) is 0.417. The molecule has 0 atom stereocenters. The minimum Gasteiger partial charge on any atom is -0.497 e. The molecular formula is C25H22ClN3O3. The maximum Gasteiger partial charge on any atom is 0.258 e. The smallest absolute Gasteiger partial charge is 0.258 e. The molecule has 7 heteroatoms. The molecule has 1 amide bonds. The SMILES string of the molecule is COc1cccc(-c2nn(-c3ccccc3)cc2CNC(=O)COc2ccccc2Cl)c1. The van der Waals surface area contributed by atoms with Crippen molar-refractivity contribution in [3.05, 3.63) is 95.6 Å². The van der Waals surface area contributed by atoms with Crippen molar-refractivity contribution in [2.75, 3.05) is 13.7 Å². The molecule has 162 valence electrons. The number of nitrogens with one attached hydrogen (secondary N) is 1. The number of amides is 1. The van der Waals surface area contributed by atoms with Crippen molar-refractivity contribution in [1.29, 1.82) is 0 Å². The third kappa shape index (κ3) is 5.10. The summed E-state index contributed by atoms with van der Waals surface area (Å²) in [6, 6.07) is 24.5. The maximum atomic E-state index is 12.4. The first-order valence-electron chi connectivity index (χ1n) is 10.1. The van der Waals surface area contributed by atoms with Gasteiger partial charge in [-0.25, -0.2) is 4.68 Å². The van der Waals surface area contributed by atoms with Crippen LogP contribution in [0, 0.1) is 0 Å². The fourth-order valence-electron chi connectivity index (χ4n) is 3.22. The number of carbonyl (C=O) groups excluding carboxylic acids is 1. The molecule has 3 aromatic carbocycles. The molecule has 32 heavy (non-hydrogen) atoms. The molecule has 0 unspecified atom stereocenters. The zero-order valence-electron chi connectivity index (χ0n) is 17.5. The molecule has 0 fully saturated rings. The zero-order chi connectivity index (χ0) is 22.3. The topological polar surface area (TPSA) is 65.4 Å². The van der Waals surface area contributed by atoms with Crippen LogP contribution in [0.15, 0.2) is 85.1 Å². The first-order chi connectivity index (χ1) is 15.6. The zero-order valence-corrected chi connectivity index (χ0v) is 18.3. The number of para-hydroxylation sites is 2. The molecule has 0 aliphatic carbocycles. The summed E-state index contributed by atoms with van der Waals surface area (Å²) in [5.74, 6) is 0.951. The Morgan fingerprint density at radius 2 is 1.81 bits per heavy atom. The van der Waals surface area contributed by atoms with Crippen LogP contribution in [0.25, 0.3) is 16.9 Å². The van der Waals surface area contributed by atoms with Gasteiger partial charge in [-0.05, 0) is 36.4 Å². The van der Waals surface area contributed by atoms with E-state index in [4.69, 9.17) is 26.2 Å². The summed E-state index contributed by atoms with van der Waals surface area (Å²) in [6.07, 6.45) is 1.92. The predicted molar refractivity (Wildman–Crippen MR) is 124 cm³/mol. The molecule has 0 saturated carbocycles. The van der Waals surface area contributed by atoms with E-state index >= 15 is 0 Å². The lowest BCUT2D eigenvalue weighted by molar-refractivity contribution is -0.123. The normalized spacial score (nSPS) is 10.6. The minimum atomic E-state index is -0.256. The Labute approximate surface area is 191 Å². The lowest BCUT2D eigenvalue weighted by atomic mass is 10.1. The van der Waals surface area contributed by atoms with Gasteiger partial charge in [0.2, 0.25) is 0 Å². The number of ether oxygens (including phenoxy) is 2. The van der Waals surface area contributed by atoms with E-state index in [0.29, 0.717) is 17.3 Å². The second kappa shape index (κ2) is 10.0. The van der Waals surface area contributed by atoms with Crippen LogP contribution < -0.4 is 14.8 Å². The highest BCUT2D eigenvalue weighted by atomic mass is 35.5. The Morgan fingerprint density at radius 1 is 1.03 bits per heavy atom. The standard InChI is InChI=1S/C25H22ClN3O3/c1-31-21-11-7-8-18(14-21)25-19(16-29(28-25)20-9-3-2-4-10-20)15-27-24(30)17-32-23-13-6-5-12-22(23)26/h2-14,16H,15,17H2,1H3,(H,27,30). The summed E-state index contributed by atoms with van der Waals surface area (Å²) in [5, 5.41) is 8.13. The fourth-order valence-corrected chi connectivity index (χ4v) is 3.41. The van der Waals surface area contributed by atoms with E-state index in [1.807, 2.05) is 60.8 Å². The summed E-state index contributed by atoms with van der Waals surface area (Å²) in [7, 11) is 1.63. The molecule has 6 nitrogen and oxygen atoms in total. The van der Waals surface area contributed by atoms with Crippen LogP contribution >= 0.6 is 11.6 Å². The number of carbonyl (C=O) groups is 1. The highest BCUT2D eigenvalue weighted by Crippen LogP contribution is 2.27.